The number of halogens is 1. The number of hydrogen-bond acceptors (Lipinski definition) is 7. The van der Waals surface area contributed by atoms with E-state index in [9.17, 15) is 19.5 Å². The highest BCUT2D eigenvalue weighted by molar-refractivity contribution is 8.04. The van der Waals surface area contributed by atoms with Crippen molar-refractivity contribution in [2.45, 2.75) is 18.2 Å². The first-order chi connectivity index (χ1) is 16.9. The molecule has 1 aliphatic rings. The van der Waals surface area contributed by atoms with Crippen LogP contribution >= 0.6 is 23.4 Å². The Labute approximate surface area is 211 Å². The molecule has 0 radical (unpaired) electrons. The van der Waals surface area contributed by atoms with Crippen LogP contribution in [0.5, 0.6) is 5.75 Å². The number of aromatic hydroxyl groups is 1. The number of phenols is 1. The topological polar surface area (TPSA) is 95.9 Å². The van der Waals surface area contributed by atoms with Gasteiger partial charge in [0, 0.05) is 21.7 Å². The molecule has 0 saturated heterocycles. The Morgan fingerprint density at radius 2 is 1.74 bits per heavy atom. The molecule has 2 amide bonds. The second-order valence-electron chi connectivity index (χ2n) is 7.56. The van der Waals surface area contributed by atoms with Crippen LogP contribution in [0.15, 0.2) is 88.3 Å². The van der Waals surface area contributed by atoms with E-state index in [4.69, 9.17) is 16.3 Å². The molecule has 0 aliphatic carbocycles. The summed E-state index contributed by atoms with van der Waals surface area (Å²) in [6, 6.07) is 19.2. The number of nitrogens with one attached hydrogen (secondary N) is 1. The summed E-state index contributed by atoms with van der Waals surface area (Å²) in [5.74, 6) is -1.53. The lowest BCUT2D eigenvalue weighted by Gasteiger charge is -2.16. The van der Waals surface area contributed by atoms with E-state index in [-0.39, 0.29) is 16.4 Å². The lowest BCUT2D eigenvalue weighted by Crippen LogP contribution is -2.32. The molecule has 35 heavy (non-hydrogen) atoms. The van der Waals surface area contributed by atoms with Crippen molar-refractivity contribution in [2.24, 2.45) is 0 Å². The molecule has 0 unspecified atom stereocenters. The molecule has 7 nitrogen and oxygen atoms in total. The summed E-state index contributed by atoms with van der Waals surface area (Å²) in [6.07, 6.45) is 0.704. The van der Waals surface area contributed by atoms with Gasteiger partial charge in [-0.05, 0) is 67.1 Å². The summed E-state index contributed by atoms with van der Waals surface area (Å²) in [7, 11) is 0. The van der Waals surface area contributed by atoms with Gasteiger partial charge in [-0.2, -0.15) is 0 Å². The average Bonchev–Trinajstić information content (AvgIpc) is 3.08. The molecule has 0 aromatic heterocycles. The Hall–Kier alpha value is -3.75. The molecule has 2 N–H and O–H groups in total. The lowest BCUT2D eigenvalue weighted by atomic mass is 10.2. The van der Waals surface area contributed by atoms with Crippen molar-refractivity contribution in [3.8, 4) is 5.75 Å². The quantitative estimate of drug-likeness (QED) is 0.302. The molecule has 0 spiro atoms. The summed E-state index contributed by atoms with van der Waals surface area (Å²) in [6.45, 7) is 2.21. The van der Waals surface area contributed by atoms with Gasteiger partial charge in [0.05, 0.1) is 17.9 Å². The number of ether oxygens (including phenoxy) is 1. The van der Waals surface area contributed by atoms with Crippen LogP contribution in [0.25, 0.3) is 0 Å². The molecule has 178 valence electrons. The highest BCUT2D eigenvalue weighted by Gasteiger charge is 2.40. The predicted octanol–water partition coefficient (Wildman–Crippen LogP) is 5.60. The van der Waals surface area contributed by atoms with E-state index in [1.807, 2.05) is 6.92 Å². The molecular formula is C26H21ClN2O5S. The minimum Gasteiger partial charge on any atom is -0.508 e. The molecule has 1 heterocycles. The molecule has 3 aromatic carbocycles. The number of rotatable bonds is 8. The van der Waals surface area contributed by atoms with Crippen LogP contribution in [-0.4, -0.2) is 29.5 Å². The minimum absolute atomic E-state index is 0.0154. The first kappa shape index (κ1) is 24.4. The van der Waals surface area contributed by atoms with Gasteiger partial charge in [-0.1, -0.05) is 36.4 Å². The number of nitrogens with zero attached hydrogens (tertiary/aromatic N) is 1. The molecule has 0 saturated carbocycles. The Bertz CT molecular complexity index is 1310. The van der Waals surface area contributed by atoms with Crippen molar-refractivity contribution in [3.63, 3.8) is 0 Å². The van der Waals surface area contributed by atoms with Crippen LogP contribution in [0.4, 0.5) is 11.4 Å². The SMILES string of the molecule is CCCOC(=O)c1ccc(N2C(=O)C(Nc3cccc(O)c3)=C(Sc3ccc(Cl)cc3)C2=O)cc1. The maximum Gasteiger partial charge on any atom is 0.338 e. The van der Waals surface area contributed by atoms with Crippen LogP contribution < -0.4 is 10.2 Å². The zero-order valence-corrected chi connectivity index (χ0v) is 20.2. The van der Waals surface area contributed by atoms with Gasteiger partial charge in [0.1, 0.15) is 16.4 Å². The molecule has 3 aromatic rings. The van der Waals surface area contributed by atoms with Crippen molar-refractivity contribution in [3.05, 3.63) is 94.0 Å². The fourth-order valence-corrected chi connectivity index (χ4v) is 4.38. The maximum atomic E-state index is 13.4. The largest absolute Gasteiger partial charge is 0.508 e. The van der Waals surface area contributed by atoms with E-state index >= 15 is 0 Å². The molecule has 9 heteroatoms. The minimum atomic E-state index is -0.559. The van der Waals surface area contributed by atoms with Crippen molar-refractivity contribution >= 4 is 52.5 Å². The van der Waals surface area contributed by atoms with E-state index < -0.39 is 17.8 Å². The maximum absolute atomic E-state index is 13.4. The molecule has 0 bridgehead atoms. The molecule has 1 aliphatic heterocycles. The van der Waals surface area contributed by atoms with E-state index in [1.165, 1.54) is 36.4 Å². The van der Waals surface area contributed by atoms with Crippen molar-refractivity contribution < 1.29 is 24.2 Å². The third kappa shape index (κ3) is 5.50. The van der Waals surface area contributed by atoms with Crippen molar-refractivity contribution in [1.29, 1.82) is 0 Å². The second kappa shape index (κ2) is 10.7. The zero-order chi connectivity index (χ0) is 24.9. The molecule has 0 atom stereocenters. The van der Waals surface area contributed by atoms with Gasteiger partial charge in [0.15, 0.2) is 0 Å². The van der Waals surface area contributed by atoms with Gasteiger partial charge in [0.2, 0.25) is 0 Å². The highest BCUT2D eigenvalue weighted by Crippen LogP contribution is 2.38. The summed E-state index contributed by atoms with van der Waals surface area (Å²) in [5.41, 5.74) is 1.16. The van der Waals surface area contributed by atoms with Crippen LogP contribution in [-0.2, 0) is 14.3 Å². The van der Waals surface area contributed by atoms with E-state index in [1.54, 1.807) is 36.4 Å². The number of carbonyl (C=O) groups excluding carboxylic acids is 3. The molecule has 4 rings (SSSR count). The van der Waals surface area contributed by atoms with Crippen molar-refractivity contribution in [1.82, 2.24) is 0 Å². The number of phenolic OH excluding ortho intramolecular Hbond substituents is 1. The Morgan fingerprint density at radius 1 is 1.03 bits per heavy atom. The van der Waals surface area contributed by atoms with E-state index in [2.05, 4.69) is 5.32 Å². The highest BCUT2D eigenvalue weighted by atomic mass is 35.5. The second-order valence-corrected chi connectivity index (χ2v) is 9.08. The zero-order valence-electron chi connectivity index (χ0n) is 18.7. The lowest BCUT2D eigenvalue weighted by molar-refractivity contribution is -0.120. The number of benzene rings is 3. The smallest absolute Gasteiger partial charge is 0.338 e. The summed E-state index contributed by atoms with van der Waals surface area (Å²) >= 11 is 7.11. The first-order valence-corrected chi connectivity index (χ1v) is 12.0. The predicted molar refractivity (Wildman–Crippen MR) is 136 cm³/mol. The van der Waals surface area contributed by atoms with Crippen LogP contribution in [0.1, 0.15) is 23.7 Å². The number of thioether (sulfide) groups is 1. The Morgan fingerprint density at radius 3 is 2.40 bits per heavy atom. The number of carbonyl (C=O) groups is 3. The number of hydrogen-bond donors (Lipinski definition) is 2. The monoisotopic (exact) mass is 508 g/mol. The third-order valence-electron chi connectivity index (χ3n) is 4.99. The van der Waals surface area contributed by atoms with Crippen molar-refractivity contribution in [2.75, 3.05) is 16.8 Å². The van der Waals surface area contributed by atoms with Crippen LogP contribution in [0.2, 0.25) is 5.02 Å². The van der Waals surface area contributed by atoms with Gasteiger partial charge in [-0.3, -0.25) is 9.59 Å². The summed E-state index contributed by atoms with van der Waals surface area (Å²) < 4.78 is 5.13. The fourth-order valence-electron chi connectivity index (χ4n) is 3.32. The Balaban J connectivity index is 1.66. The third-order valence-corrected chi connectivity index (χ3v) is 6.33. The molecular weight excluding hydrogens is 488 g/mol. The number of amides is 2. The van der Waals surface area contributed by atoms with Crippen LogP contribution in [0.3, 0.4) is 0 Å². The van der Waals surface area contributed by atoms with Gasteiger partial charge < -0.3 is 15.2 Å². The summed E-state index contributed by atoms with van der Waals surface area (Å²) in [4.78, 5) is 40.9. The van der Waals surface area contributed by atoms with Crippen LogP contribution in [0, 0.1) is 0 Å². The van der Waals surface area contributed by atoms with Gasteiger partial charge in [0.25, 0.3) is 11.8 Å². The normalized spacial score (nSPS) is 13.4. The fraction of sp³-hybridized carbons (Fsp3) is 0.115. The van der Waals surface area contributed by atoms with Gasteiger partial charge >= 0.3 is 5.97 Å². The van der Waals surface area contributed by atoms with E-state index in [0.29, 0.717) is 35.0 Å². The first-order valence-electron chi connectivity index (χ1n) is 10.8. The number of anilines is 2. The summed E-state index contributed by atoms with van der Waals surface area (Å²) in [5, 5.41) is 13.3. The van der Waals surface area contributed by atoms with Gasteiger partial charge in [-0.25, -0.2) is 9.69 Å². The Kier molecular flexibility index (Phi) is 7.43. The van der Waals surface area contributed by atoms with E-state index in [0.717, 1.165) is 21.6 Å². The average molecular weight is 509 g/mol. The number of imide groups is 1. The standard InChI is InChI=1S/C26H21ClN2O5S/c1-2-14-34-26(33)16-6-10-19(11-7-16)29-24(31)22(28-18-4-3-5-20(30)15-18)23(25(29)32)35-21-12-8-17(27)9-13-21/h3-13,15,28,30H,2,14H2,1H3. The van der Waals surface area contributed by atoms with Gasteiger partial charge in [-0.15, -0.1) is 0 Å². The number of esters is 1. The molecule has 0 fully saturated rings.